The van der Waals surface area contributed by atoms with Crippen molar-refractivity contribution in [3.05, 3.63) is 28.8 Å². The number of carbonyl (C=O) groups is 5. The minimum atomic E-state index is -1.22. The first-order chi connectivity index (χ1) is 14.8. The Balaban J connectivity index is 1.80. The average molecular weight is 451 g/mol. The van der Waals surface area contributed by atoms with Gasteiger partial charge >= 0.3 is 6.09 Å². The van der Waals surface area contributed by atoms with Crippen molar-refractivity contribution in [3.63, 3.8) is 0 Å². The number of Topliss-reactive ketones (excluding diaryl/α,β-unsaturated/α-hetero) is 1. The van der Waals surface area contributed by atoms with Gasteiger partial charge in [0.1, 0.15) is 0 Å². The summed E-state index contributed by atoms with van der Waals surface area (Å²) in [5.74, 6) is -3.10. The lowest BCUT2D eigenvalue weighted by Crippen LogP contribution is -2.49. The van der Waals surface area contributed by atoms with Crippen LogP contribution in [0.4, 0.5) is 10.5 Å². The van der Waals surface area contributed by atoms with Gasteiger partial charge in [-0.2, -0.15) is 0 Å². The lowest BCUT2D eigenvalue weighted by molar-refractivity contribution is -0.139. The van der Waals surface area contributed by atoms with Crippen molar-refractivity contribution >= 4 is 46.9 Å². The molecule has 3 rings (SSSR count). The lowest BCUT2D eigenvalue weighted by atomic mass is 9.95. The molecule has 2 aliphatic rings. The maximum Gasteiger partial charge on any atom is 0.411 e. The van der Waals surface area contributed by atoms with E-state index in [1.54, 1.807) is 0 Å². The summed E-state index contributed by atoms with van der Waals surface area (Å²) < 4.78 is 4.55. The normalized spacial score (nSPS) is 18.5. The van der Waals surface area contributed by atoms with E-state index in [4.69, 9.17) is 11.6 Å². The van der Waals surface area contributed by atoms with Gasteiger partial charge in [-0.3, -0.25) is 24.5 Å². The number of nitrogens with one attached hydrogen (secondary N) is 4. The van der Waals surface area contributed by atoms with Crippen molar-refractivity contribution in [1.82, 2.24) is 16.0 Å². The van der Waals surface area contributed by atoms with Crippen LogP contribution in [0.15, 0.2) is 18.2 Å². The van der Waals surface area contributed by atoms with Gasteiger partial charge in [0.15, 0.2) is 0 Å². The zero-order valence-corrected chi connectivity index (χ0v) is 17.6. The topological polar surface area (TPSA) is 143 Å². The van der Waals surface area contributed by atoms with Gasteiger partial charge in [-0.25, -0.2) is 4.79 Å². The van der Waals surface area contributed by atoms with Crippen LogP contribution in [0, 0.1) is 5.92 Å². The molecule has 166 valence electrons. The predicted molar refractivity (Wildman–Crippen MR) is 111 cm³/mol. The number of benzene rings is 1. The molecule has 0 spiro atoms. The highest BCUT2D eigenvalue weighted by Gasteiger charge is 2.36. The Kier molecular flexibility index (Phi) is 7.11. The molecule has 0 bridgehead atoms. The maximum absolute atomic E-state index is 13.0. The largest absolute Gasteiger partial charge is 0.453 e. The first-order valence-corrected chi connectivity index (χ1v) is 10.2. The summed E-state index contributed by atoms with van der Waals surface area (Å²) in [4.78, 5) is 61.6. The van der Waals surface area contributed by atoms with Crippen molar-refractivity contribution in [2.45, 2.75) is 37.8 Å². The van der Waals surface area contributed by atoms with E-state index in [1.807, 2.05) is 0 Å². The van der Waals surface area contributed by atoms with Crippen LogP contribution in [0.1, 0.15) is 36.0 Å². The molecular formula is C20H23ClN4O6. The highest BCUT2D eigenvalue weighted by atomic mass is 35.5. The van der Waals surface area contributed by atoms with E-state index >= 15 is 0 Å². The molecule has 10 nitrogen and oxygen atoms in total. The molecule has 11 heteroatoms. The Bertz CT molecular complexity index is 917. The van der Waals surface area contributed by atoms with Gasteiger partial charge in [0.2, 0.25) is 11.7 Å². The third kappa shape index (κ3) is 5.94. The molecule has 1 saturated heterocycles. The molecule has 1 aromatic rings. The number of rotatable bonds is 8. The zero-order valence-electron chi connectivity index (χ0n) is 16.8. The summed E-state index contributed by atoms with van der Waals surface area (Å²) in [6.45, 7) is 0.466. The highest BCUT2D eigenvalue weighted by Crippen LogP contribution is 2.23. The summed E-state index contributed by atoms with van der Waals surface area (Å²) in [6.07, 6.45) is 1.28. The predicted octanol–water partition coefficient (Wildman–Crippen LogP) is 0.991. The van der Waals surface area contributed by atoms with E-state index in [2.05, 4.69) is 26.0 Å². The van der Waals surface area contributed by atoms with Crippen molar-refractivity contribution in [1.29, 1.82) is 0 Å². The number of halogens is 1. The van der Waals surface area contributed by atoms with Crippen molar-refractivity contribution in [2.24, 2.45) is 5.92 Å². The van der Waals surface area contributed by atoms with Gasteiger partial charge in [0, 0.05) is 23.5 Å². The Hall–Kier alpha value is -3.14. The molecule has 1 aliphatic heterocycles. The molecule has 4 amide bonds. The third-order valence-electron chi connectivity index (χ3n) is 5.09. The van der Waals surface area contributed by atoms with Crippen molar-refractivity contribution in [2.75, 3.05) is 19.0 Å². The van der Waals surface area contributed by atoms with Gasteiger partial charge in [0.25, 0.3) is 11.8 Å². The van der Waals surface area contributed by atoms with Crippen LogP contribution < -0.4 is 21.3 Å². The Morgan fingerprint density at radius 2 is 1.97 bits per heavy atom. The fraction of sp³-hybridized carbons (Fsp3) is 0.450. The minimum Gasteiger partial charge on any atom is -0.453 e. The van der Waals surface area contributed by atoms with E-state index in [1.165, 1.54) is 25.3 Å². The Morgan fingerprint density at radius 1 is 1.23 bits per heavy atom. The van der Waals surface area contributed by atoms with Crippen LogP contribution >= 0.6 is 11.6 Å². The molecule has 1 aromatic carbocycles. The minimum absolute atomic E-state index is 0.0190. The van der Waals surface area contributed by atoms with E-state index in [0.29, 0.717) is 13.0 Å². The number of amides is 4. The van der Waals surface area contributed by atoms with Gasteiger partial charge < -0.3 is 20.7 Å². The third-order valence-corrected chi connectivity index (χ3v) is 5.32. The quantitative estimate of drug-likeness (QED) is 0.435. The van der Waals surface area contributed by atoms with Gasteiger partial charge in [-0.15, -0.1) is 0 Å². The lowest BCUT2D eigenvalue weighted by Gasteiger charge is -2.20. The van der Waals surface area contributed by atoms with Gasteiger partial charge in [0.05, 0.1) is 24.4 Å². The number of hydrogen-bond acceptors (Lipinski definition) is 6. The molecule has 1 heterocycles. The number of ketones is 1. The Labute approximate surface area is 183 Å². The first-order valence-electron chi connectivity index (χ1n) is 9.86. The van der Waals surface area contributed by atoms with E-state index in [9.17, 15) is 24.0 Å². The summed E-state index contributed by atoms with van der Waals surface area (Å²) >= 11 is 5.99. The molecule has 1 saturated carbocycles. The van der Waals surface area contributed by atoms with E-state index in [-0.39, 0.29) is 34.6 Å². The van der Waals surface area contributed by atoms with Crippen LogP contribution in [0.3, 0.4) is 0 Å². The number of carbonyl (C=O) groups excluding carboxylic acids is 5. The molecule has 2 fully saturated rings. The van der Waals surface area contributed by atoms with Gasteiger partial charge in [-0.1, -0.05) is 11.6 Å². The molecule has 31 heavy (non-hydrogen) atoms. The molecular weight excluding hydrogens is 428 g/mol. The van der Waals surface area contributed by atoms with E-state index in [0.717, 1.165) is 12.8 Å². The first kappa shape index (κ1) is 22.5. The number of anilines is 1. The monoisotopic (exact) mass is 450 g/mol. The zero-order chi connectivity index (χ0) is 22.5. The summed E-state index contributed by atoms with van der Waals surface area (Å²) in [5, 5.41) is 10.4. The second-order valence-electron chi connectivity index (χ2n) is 7.46. The molecule has 2 atom stereocenters. The smallest absolute Gasteiger partial charge is 0.411 e. The maximum atomic E-state index is 13.0. The molecule has 0 aromatic heterocycles. The summed E-state index contributed by atoms with van der Waals surface area (Å²) in [5.41, 5.74) is 0.0927. The average Bonchev–Trinajstić information content (AvgIpc) is 3.47. The summed E-state index contributed by atoms with van der Waals surface area (Å²) in [7, 11) is 1.17. The fourth-order valence-electron chi connectivity index (χ4n) is 3.24. The SMILES string of the molecule is COC(=O)Nc1ccc(Cl)cc1C(=O)N[C@@H](C[C@@H]1CCNC1=O)C(=O)C(=O)NC1CC1. The molecule has 4 N–H and O–H groups in total. The van der Waals surface area contributed by atoms with Crippen LogP contribution in [0.25, 0.3) is 0 Å². The summed E-state index contributed by atoms with van der Waals surface area (Å²) in [6, 6.07) is 2.94. The van der Waals surface area contributed by atoms with Crippen LogP contribution in [0.2, 0.25) is 5.02 Å². The second kappa shape index (κ2) is 9.78. The number of ether oxygens (including phenoxy) is 1. The van der Waals surface area contributed by atoms with E-state index < -0.39 is 35.7 Å². The molecule has 1 aliphatic carbocycles. The van der Waals surface area contributed by atoms with Crippen LogP contribution in [0.5, 0.6) is 0 Å². The standard InChI is InChI=1S/C20H23ClN4O6/c1-31-20(30)25-14-5-2-11(21)9-13(14)18(28)24-15(8-10-6-7-22-17(10)27)16(26)19(29)23-12-3-4-12/h2,5,9-10,12,15H,3-4,6-8H2,1H3,(H,22,27)(H,23,29)(H,24,28)(H,25,30)/t10-,15-/m0/s1. The Morgan fingerprint density at radius 3 is 2.58 bits per heavy atom. The molecule has 0 unspecified atom stereocenters. The highest BCUT2D eigenvalue weighted by molar-refractivity contribution is 6.38. The van der Waals surface area contributed by atoms with Crippen LogP contribution in [-0.4, -0.2) is 55.3 Å². The fourth-order valence-corrected chi connectivity index (χ4v) is 3.41. The van der Waals surface area contributed by atoms with Gasteiger partial charge in [-0.05, 0) is 43.9 Å². The number of methoxy groups -OCH3 is 1. The second-order valence-corrected chi connectivity index (χ2v) is 7.89. The van der Waals surface area contributed by atoms with Crippen LogP contribution in [-0.2, 0) is 19.1 Å². The van der Waals surface area contributed by atoms with Crippen molar-refractivity contribution < 1.29 is 28.7 Å². The molecule has 0 radical (unpaired) electrons. The van der Waals surface area contributed by atoms with Crippen molar-refractivity contribution in [3.8, 4) is 0 Å². The number of hydrogen-bond donors (Lipinski definition) is 4.